The minimum atomic E-state index is -0.553. The van der Waals surface area contributed by atoms with Gasteiger partial charge in [0.1, 0.15) is 12.2 Å². The van der Waals surface area contributed by atoms with Crippen LogP contribution in [0.1, 0.15) is 40.5 Å². The van der Waals surface area contributed by atoms with Crippen molar-refractivity contribution in [2.45, 2.75) is 76.5 Å². The quantitative estimate of drug-likeness (QED) is 0.414. The number of alkyl halides is 1. The Labute approximate surface area is 171 Å². The highest BCUT2D eigenvalue weighted by Crippen LogP contribution is 2.30. The summed E-state index contributed by atoms with van der Waals surface area (Å²) in [4.78, 5) is 0. The van der Waals surface area contributed by atoms with Crippen molar-refractivity contribution in [2.75, 3.05) is 38.5 Å². The first-order valence-corrected chi connectivity index (χ1v) is 10.6. The molecule has 2 fully saturated rings. The third-order valence-electron chi connectivity index (χ3n) is 4.04. The van der Waals surface area contributed by atoms with Gasteiger partial charge >= 0.3 is 0 Å². The Hall–Kier alpha value is 0.450. The number of aliphatic hydroxyl groups is 1. The fourth-order valence-electron chi connectivity index (χ4n) is 3.15. The second-order valence-electron chi connectivity index (χ2n) is 7.33. The number of hydrogen-bond donors (Lipinski definition) is 1. The van der Waals surface area contributed by atoms with E-state index in [9.17, 15) is 0 Å². The molecule has 26 heavy (non-hydrogen) atoms. The van der Waals surface area contributed by atoms with Crippen LogP contribution in [0.2, 0.25) is 0 Å². The first kappa shape index (κ1) is 24.5. The van der Waals surface area contributed by atoms with Gasteiger partial charge in [0.05, 0.1) is 25.4 Å². The molecule has 2 heterocycles. The van der Waals surface area contributed by atoms with E-state index in [1.807, 2.05) is 27.7 Å². The van der Waals surface area contributed by atoms with Crippen molar-refractivity contribution in [1.82, 2.24) is 0 Å². The molecule has 0 aromatic heterocycles. The van der Waals surface area contributed by atoms with Crippen molar-refractivity contribution in [3.8, 4) is 0 Å². The molecule has 7 nitrogen and oxygen atoms in total. The monoisotopic (exact) mass is 490 g/mol. The van der Waals surface area contributed by atoms with Crippen LogP contribution in [0.4, 0.5) is 0 Å². The highest BCUT2D eigenvalue weighted by Gasteiger charge is 2.41. The van der Waals surface area contributed by atoms with Crippen molar-refractivity contribution in [2.24, 2.45) is 0 Å². The van der Waals surface area contributed by atoms with Crippen LogP contribution in [0.25, 0.3) is 0 Å². The summed E-state index contributed by atoms with van der Waals surface area (Å²) in [6.07, 6.45) is 1.78. The van der Waals surface area contributed by atoms with Gasteiger partial charge in [0.25, 0.3) is 0 Å². The van der Waals surface area contributed by atoms with Crippen LogP contribution in [0.15, 0.2) is 0 Å². The molecule has 0 radical (unpaired) electrons. The summed E-state index contributed by atoms with van der Waals surface area (Å²) in [5, 5.41) is 8.81. The van der Waals surface area contributed by atoms with Crippen LogP contribution in [0, 0.1) is 0 Å². The molecule has 0 amide bonds. The van der Waals surface area contributed by atoms with Gasteiger partial charge in [-0.3, -0.25) is 0 Å². The summed E-state index contributed by atoms with van der Waals surface area (Å²) >= 11 is 2.35. The molecule has 8 heteroatoms. The Balaban J connectivity index is 0.000000260. The van der Waals surface area contributed by atoms with Gasteiger partial charge in [-0.1, -0.05) is 22.6 Å². The molecule has 0 aromatic carbocycles. The van der Waals surface area contributed by atoms with E-state index < -0.39 is 11.6 Å². The van der Waals surface area contributed by atoms with Gasteiger partial charge in [0, 0.05) is 25.3 Å². The van der Waals surface area contributed by atoms with Crippen LogP contribution in [-0.4, -0.2) is 79.6 Å². The van der Waals surface area contributed by atoms with E-state index >= 15 is 0 Å². The summed E-state index contributed by atoms with van der Waals surface area (Å²) in [7, 11) is 3.32. The minimum Gasteiger partial charge on any atom is -0.396 e. The van der Waals surface area contributed by atoms with Crippen molar-refractivity contribution in [3.05, 3.63) is 0 Å². The van der Waals surface area contributed by atoms with E-state index in [0.29, 0.717) is 19.6 Å². The van der Waals surface area contributed by atoms with Gasteiger partial charge in [0.15, 0.2) is 11.6 Å². The third kappa shape index (κ3) is 8.22. The number of aliphatic hydroxyl groups excluding tert-OH is 1. The molecule has 0 aromatic rings. The van der Waals surface area contributed by atoms with Crippen molar-refractivity contribution < 1.29 is 33.5 Å². The Kier molecular flexibility index (Phi) is 10.8. The summed E-state index contributed by atoms with van der Waals surface area (Å²) in [6, 6.07) is 0. The lowest BCUT2D eigenvalue weighted by Crippen LogP contribution is -2.28. The number of halogens is 1. The molecule has 4 atom stereocenters. The van der Waals surface area contributed by atoms with Gasteiger partial charge in [-0.25, -0.2) is 0 Å². The van der Waals surface area contributed by atoms with Gasteiger partial charge in [0.2, 0.25) is 0 Å². The first-order valence-electron chi connectivity index (χ1n) is 9.04. The van der Waals surface area contributed by atoms with Crippen LogP contribution in [-0.2, 0) is 28.4 Å². The molecule has 0 saturated carbocycles. The van der Waals surface area contributed by atoms with Gasteiger partial charge < -0.3 is 33.5 Å². The molecule has 0 unspecified atom stereocenters. The summed E-state index contributed by atoms with van der Waals surface area (Å²) in [6.45, 7) is 8.87. The normalized spacial score (nSPS) is 32.3. The van der Waals surface area contributed by atoms with Crippen molar-refractivity contribution in [3.63, 3.8) is 0 Å². The standard InChI is InChI=1S/C9H17IO3.C9H18O4/c2*1-9(2)12-7(4-5-10)8(13-9)6-11-3/h7-8H,4-6H2,1-3H3;7-8,10H,4-6H2,1-3H3/t2*7-,8+/m00/s1. The second-order valence-corrected chi connectivity index (χ2v) is 8.40. The third-order valence-corrected chi connectivity index (χ3v) is 4.66. The Morgan fingerprint density at radius 1 is 0.769 bits per heavy atom. The van der Waals surface area contributed by atoms with Gasteiger partial charge in [-0.15, -0.1) is 0 Å². The molecule has 2 aliphatic rings. The zero-order chi connectivity index (χ0) is 19.8. The zero-order valence-corrected chi connectivity index (χ0v) is 19.0. The fourth-order valence-corrected chi connectivity index (χ4v) is 3.77. The van der Waals surface area contributed by atoms with Crippen molar-refractivity contribution in [1.29, 1.82) is 0 Å². The molecule has 1 N–H and O–H groups in total. The predicted octanol–water partition coefficient (Wildman–Crippen LogP) is 2.51. The molecular weight excluding hydrogens is 455 g/mol. The maximum Gasteiger partial charge on any atom is 0.163 e. The lowest BCUT2D eigenvalue weighted by molar-refractivity contribution is -0.150. The molecule has 0 spiro atoms. The summed E-state index contributed by atoms with van der Waals surface area (Å²) < 4.78 is 33.8. The second kappa shape index (κ2) is 11.5. The lowest BCUT2D eigenvalue weighted by atomic mass is 10.1. The van der Waals surface area contributed by atoms with Crippen LogP contribution in [0.5, 0.6) is 0 Å². The molecule has 0 aliphatic carbocycles. The van der Waals surface area contributed by atoms with Crippen LogP contribution >= 0.6 is 22.6 Å². The molecule has 0 bridgehead atoms. The maximum atomic E-state index is 8.81. The van der Waals surface area contributed by atoms with Crippen molar-refractivity contribution >= 4 is 22.6 Å². The maximum absolute atomic E-state index is 8.81. The lowest BCUT2D eigenvalue weighted by Gasteiger charge is -2.16. The van der Waals surface area contributed by atoms with E-state index in [-0.39, 0.29) is 31.0 Å². The molecule has 156 valence electrons. The number of ether oxygens (including phenoxy) is 6. The Morgan fingerprint density at radius 2 is 1.15 bits per heavy atom. The van der Waals surface area contributed by atoms with Crippen LogP contribution < -0.4 is 0 Å². The fraction of sp³-hybridized carbons (Fsp3) is 1.00. The molecule has 2 saturated heterocycles. The van der Waals surface area contributed by atoms with Gasteiger partial charge in [-0.05, 0) is 40.5 Å². The average molecular weight is 490 g/mol. The van der Waals surface area contributed by atoms with E-state index in [2.05, 4.69) is 22.6 Å². The molecule has 2 aliphatic heterocycles. The van der Waals surface area contributed by atoms with E-state index in [4.69, 9.17) is 33.5 Å². The summed E-state index contributed by atoms with van der Waals surface area (Å²) in [5.41, 5.74) is 0. The minimum absolute atomic E-state index is 0.0556. The average Bonchev–Trinajstić information content (AvgIpc) is 2.97. The van der Waals surface area contributed by atoms with Crippen LogP contribution in [0.3, 0.4) is 0 Å². The first-order chi connectivity index (χ1) is 12.2. The zero-order valence-electron chi connectivity index (χ0n) is 16.8. The smallest absolute Gasteiger partial charge is 0.163 e. The number of hydrogen-bond acceptors (Lipinski definition) is 7. The Morgan fingerprint density at radius 3 is 1.50 bits per heavy atom. The predicted molar refractivity (Wildman–Crippen MR) is 107 cm³/mol. The number of methoxy groups -OCH3 is 2. The molecule has 2 rings (SSSR count). The number of rotatable bonds is 8. The van der Waals surface area contributed by atoms with E-state index in [1.165, 1.54) is 0 Å². The topological polar surface area (TPSA) is 75.6 Å². The highest BCUT2D eigenvalue weighted by atomic mass is 127. The van der Waals surface area contributed by atoms with Gasteiger partial charge in [-0.2, -0.15) is 0 Å². The molecular formula is C18H35IO7. The largest absolute Gasteiger partial charge is 0.396 e. The highest BCUT2D eigenvalue weighted by molar-refractivity contribution is 14.1. The van der Waals surface area contributed by atoms with E-state index in [0.717, 1.165) is 10.8 Å². The van der Waals surface area contributed by atoms with E-state index in [1.54, 1.807) is 14.2 Å². The SMILES string of the molecule is COC[C@H]1OC(C)(C)O[C@H]1CCI.COC[C@H]1OC(C)(C)O[C@H]1CCO. The summed E-state index contributed by atoms with van der Waals surface area (Å²) in [5.74, 6) is -0.997. The Bertz CT molecular complexity index is 324.